The van der Waals surface area contributed by atoms with Crippen LogP contribution in [0.5, 0.6) is 0 Å². The zero-order valence-corrected chi connectivity index (χ0v) is 37.9. The van der Waals surface area contributed by atoms with Crippen molar-refractivity contribution in [3.63, 3.8) is 0 Å². The van der Waals surface area contributed by atoms with E-state index in [1.165, 1.54) is 36.8 Å². The van der Waals surface area contributed by atoms with E-state index in [9.17, 15) is 47.9 Å². The van der Waals surface area contributed by atoms with Gasteiger partial charge in [0.05, 0.1) is 19.6 Å². The fourth-order valence-electron chi connectivity index (χ4n) is 6.21. The summed E-state index contributed by atoms with van der Waals surface area (Å²) in [6, 6.07) is -1.49. The average Bonchev–Trinajstić information content (AvgIpc) is 3.25. The highest BCUT2D eigenvalue weighted by Crippen LogP contribution is 2.07. The maximum atomic E-state index is 12.9. The summed E-state index contributed by atoms with van der Waals surface area (Å²) in [6.07, 6.45) is 9.04. The molecular weight excluding hydrogens is 800 g/mol. The largest absolute Gasteiger partial charge is 0.406 e. The molecule has 0 saturated carbocycles. The minimum atomic E-state index is -0.743. The summed E-state index contributed by atoms with van der Waals surface area (Å²) in [5.41, 5.74) is 0. The third kappa shape index (κ3) is 31.0. The fraction of sp³-hybridized carbons (Fsp3) is 0.737. The quantitative estimate of drug-likeness (QED) is 0.0211. The van der Waals surface area contributed by atoms with E-state index in [1.54, 1.807) is 0 Å². The van der Waals surface area contributed by atoms with Crippen molar-refractivity contribution in [1.29, 1.82) is 0 Å². The van der Waals surface area contributed by atoms with Gasteiger partial charge in [0.1, 0.15) is 17.9 Å². The third-order valence-electron chi connectivity index (χ3n) is 9.90. The number of ketones is 1. The molecule has 0 rings (SSSR count). The number of nitrogens with zero attached hydrogens (tertiary/aromatic N) is 1. The van der Waals surface area contributed by atoms with Crippen molar-refractivity contribution in [3.05, 3.63) is 0 Å². The lowest BCUT2D eigenvalue weighted by Crippen LogP contribution is -2.47. The van der Waals surface area contributed by atoms with Crippen LogP contribution in [0.4, 0.5) is 0 Å². The van der Waals surface area contributed by atoms with Gasteiger partial charge < -0.3 is 47.5 Å². The molecule has 0 aromatic carbocycles. The zero-order valence-electron chi connectivity index (χ0n) is 37.9. The van der Waals surface area contributed by atoms with Crippen LogP contribution in [-0.4, -0.2) is 147 Å². The van der Waals surface area contributed by atoms with Crippen molar-refractivity contribution in [1.82, 2.24) is 52.4 Å². The number of unbranched alkanes of at least 4 members (excludes halogenated alkanes) is 6. The normalized spacial score (nSPS) is 11.6. The molecule has 0 saturated heterocycles. The van der Waals surface area contributed by atoms with Gasteiger partial charge in [0, 0.05) is 58.2 Å². The van der Waals surface area contributed by atoms with E-state index in [0.717, 1.165) is 12.8 Å². The molecule has 24 heteroatoms. The molecule has 0 spiro atoms. The van der Waals surface area contributed by atoms with Crippen LogP contribution in [0, 0.1) is 0 Å². The van der Waals surface area contributed by atoms with E-state index in [2.05, 4.69) is 47.5 Å². The number of carbonyl (C=O) groups excluding carboxylic acids is 10. The van der Waals surface area contributed by atoms with Gasteiger partial charge in [-0.2, -0.15) is 0 Å². The molecule has 0 aliphatic heterocycles. The van der Waals surface area contributed by atoms with Crippen LogP contribution in [0.3, 0.4) is 0 Å². The summed E-state index contributed by atoms with van der Waals surface area (Å²) >= 11 is 0. The lowest BCUT2D eigenvalue weighted by Gasteiger charge is -2.21. The summed E-state index contributed by atoms with van der Waals surface area (Å²) in [5.74, 6) is -2.44. The number of nitrogens with one attached hydrogen (secondary N) is 9. The van der Waals surface area contributed by atoms with E-state index in [1.807, 2.05) is 6.92 Å². The molecule has 0 aromatic heterocycles. The first-order valence-corrected chi connectivity index (χ1v) is 22.2. The average molecular weight is 872 g/mol. The van der Waals surface area contributed by atoms with Crippen LogP contribution in [-0.2, 0) is 47.9 Å². The van der Waals surface area contributed by atoms with Gasteiger partial charge in [-0.1, -0.05) is 26.2 Å². The fourth-order valence-corrected chi connectivity index (χ4v) is 6.21. The van der Waals surface area contributed by atoms with Crippen molar-refractivity contribution < 1.29 is 47.9 Å². The summed E-state index contributed by atoms with van der Waals surface area (Å²) in [7, 11) is 6.02. The number of hydrogen-bond acceptors (Lipinski definition) is 11. The van der Waals surface area contributed by atoms with Gasteiger partial charge in [-0.3, -0.25) is 52.8 Å². The monoisotopic (exact) mass is 873 g/mol. The molecule has 0 radical (unpaired) electrons. The van der Waals surface area contributed by atoms with Crippen molar-refractivity contribution >= 4 is 90.9 Å². The van der Waals surface area contributed by atoms with Gasteiger partial charge in [-0.15, -0.1) is 0 Å². The molecule has 0 unspecified atom stereocenters. The number of hydrogen-bond donors (Lipinski definition) is 9. The van der Waals surface area contributed by atoms with Crippen molar-refractivity contribution in [2.24, 2.45) is 0 Å². The highest BCUT2D eigenvalue weighted by molar-refractivity contribution is 6.16. The first kappa shape index (κ1) is 57.1. The Bertz CT molecular complexity index is 1350. The van der Waals surface area contributed by atoms with E-state index in [0.29, 0.717) is 103 Å². The Kier molecular flexibility index (Phi) is 33.9. The Labute approximate surface area is 370 Å². The SMILES string of the molecule is BNC(=O)CCC[C@@H](NC(=O)CCCCCNC(=O)CN(CC(=O)NCCCCCC(=O)CC)CC(=O)NCCCCCC(=O)N[C@H](CCCC(=O)NB)C(=O)NB)C(=O)NB. The smallest absolute Gasteiger partial charge is 0.234 e. The highest BCUT2D eigenvalue weighted by atomic mass is 16.2. The predicted octanol–water partition coefficient (Wildman–Crippen LogP) is -4.74. The van der Waals surface area contributed by atoms with E-state index >= 15 is 0 Å². The standard InChI is InChI=1S/C38H72B4N10O10/c1-2-27(53)14-6-3-9-21-43-34(58)24-52(25-35(59)44-22-10-4-7-17-30(54)46-28(37(61)50-41)15-12-19-32(56)48-39)26-36(60)45-23-11-5-8-18-31(55)47-29(38(62)51-42)16-13-20-33(57)49-40/h28-29H,2-26,39-42H2,1H3,(H,43,58)(H,44,59)(H,45,60)(H,46,54)(H,47,55)(H,48,56)(H,49,57)(H,50,61)(H,51,62)/t28-,29-/m1/s1. The molecule has 0 bridgehead atoms. The predicted molar refractivity (Wildman–Crippen MR) is 244 cm³/mol. The molecule has 0 heterocycles. The van der Waals surface area contributed by atoms with E-state index < -0.39 is 12.1 Å². The molecule has 2 atom stereocenters. The second-order valence-corrected chi connectivity index (χ2v) is 15.1. The van der Waals surface area contributed by atoms with Crippen molar-refractivity contribution in [2.75, 3.05) is 39.3 Å². The van der Waals surface area contributed by atoms with Crippen LogP contribution in [0.2, 0.25) is 0 Å². The van der Waals surface area contributed by atoms with Crippen LogP contribution in [0.25, 0.3) is 0 Å². The molecule has 20 nitrogen and oxygen atoms in total. The molecule has 346 valence electrons. The molecular formula is C38H72B4N10O10. The van der Waals surface area contributed by atoms with Crippen LogP contribution >= 0.6 is 0 Å². The van der Waals surface area contributed by atoms with Gasteiger partial charge in [0.2, 0.25) is 85.1 Å². The molecule has 0 aliphatic rings. The second kappa shape index (κ2) is 36.7. The van der Waals surface area contributed by atoms with E-state index in [-0.39, 0.29) is 104 Å². The highest BCUT2D eigenvalue weighted by Gasteiger charge is 2.21. The van der Waals surface area contributed by atoms with Gasteiger partial charge in [0.15, 0.2) is 0 Å². The Hall–Kier alpha value is -4.88. The molecule has 0 fully saturated rings. The van der Waals surface area contributed by atoms with Crippen molar-refractivity contribution in [2.45, 2.75) is 141 Å². The Morgan fingerprint density at radius 3 is 1.06 bits per heavy atom. The molecule has 0 aromatic rings. The maximum Gasteiger partial charge on any atom is 0.234 e. The Morgan fingerprint density at radius 2 is 0.742 bits per heavy atom. The topological polar surface area (TPSA) is 282 Å². The number of rotatable bonds is 37. The Balaban J connectivity index is 4.88. The summed E-state index contributed by atoms with van der Waals surface area (Å²) in [6.45, 7) is 2.25. The van der Waals surface area contributed by atoms with Crippen molar-refractivity contribution in [3.8, 4) is 0 Å². The van der Waals surface area contributed by atoms with Gasteiger partial charge in [-0.25, -0.2) is 0 Å². The maximum absolute atomic E-state index is 12.9. The summed E-state index contributed by atoms with van der Waals surface area (Å²) in [5, 5.41) is 24.0. The molecule has 0 aliphatic carbocycles. The lowest BCUT2D eigenvalue weighted by atomic mass is 10.1. The number of carbonyl (C=O) groups is 10. The van der Waals surface area contributed by atoms with Gasteiger partial charge >= 0.3 is 0 Å². The number of amides is 9. The van der Waals surface area contributed by atoms with Crippen LogP contribution < -0.4 is 47.5 Å². The lowest BCUT2D eigenvalue weighted by molar-refractivity contribution is -0.128. The molecule has 9 amide bonds. The van der Waals surface area contributed by atoms with Crippen LogP contribution in [0.15, 0.2) is 0 Å². The minimum Gasteiger partial charge on any atom is -0.406 e. The summed E-state index contributed by atoms with van der Waals surface area (Å²) in [4.78, 5) is 124. The Morgan fingerprint density at radius 1 is 0.403 bits per heavy atom. The second-order valence-electron chi connectivity index (χ2n) is 15.1. The number of Topliss-reactive ketones (excluding diaryl/α,β-unsaturated/α-hetero) is 1. The van der Waals surface area contributed by atoms with Crippen LogP contribution in [0.1, 0.15) is 129 Å². The van der Waals surface area contributed by atoms with E-state index in [4.69, 9.17) is 0 Å². The van der Waals surface area contributed by atoms with Gasteiger partial charge in [-0.05, 0) is 64.2 Å². The molecule has 9 N–H and O–H groups in total. The summed E-state index contributed by atoms with van der Waals surface area (Å²) < 4.78 is 0. The van der Waals surface area contributed by atoms with Gasteiger partial charge in [0.25, 0.3) is 0 Å². The molecule has 62 heavy (non-hydrogen) atoms. The first-order chi connectivity index (χ1) is 29.7. The zero-order chi connectivity index (χ0) is 46.5. The third-order valence-corrected chi connectivity index (χ3v) is 9.90. The minimum absolute atomic E-state index is 0.146. The first-order valence-electron chi connectivity index (χ1n) is 22.2.